The number of aromatic nitrogens is 3. The normalized spacial score (nSPS) is 12.1. The fourth-order valence-corrected chi connectivity index (χ4v) is 1.97. The molecule has 1 aromatic heterocycles. The topological polar surface area (TPSA) is 85.1 Å². The van der Waals surface area contributed by atoms with Gasteiger partial charge in [0.2, 0.25) is 0 Å². The quantitative estimate of drug-likeness (QED) is 0.824. The number of hydrogen-bond acceptors (Lipinski definition) is 4. The van der Waals surface area contributed by atoms with Gasteiger partial charge in [-0.2, -0.15) is 5.10 Å². The first-order valence-corrected chi connectivity index (χ1v) is 6.14. The molecule has 0 spiro atoms. The van der Waals surface area contributed by atoms with Crippen molar-refractivity contribution in [1.29, 1.82) is 0 Å². The minimum absolute atomic E-state index is 0.242. The zero-order chi connectivity index (χ0) is 16.3. The van der Waals surface area contributed by atoms with Crippen molar-refractivity contribution in [3.05, 3.63) is 47.8 Å². The molecule has 0 amide bonds. The second-order valence-corrected chi connectivity index (χ2v) is 4.43. The van der Waals surface area contributed by atoms with Gasteiger partial charge in [-0.05, 0) is 6.42 Å². The Balaban J connectivity index is 2.39. The average molecular weight is 313 g/mol. The van der Waals surface area contributed by atoms with Crippen LogP contribution in [-0.2, 0) is 4.79 Å². The molecule has 22 heavy (non-hydrogen) atoms. The molecule has 0 aliphatic heterocycles. The maximum Gasteiger partial charge on any atom is 0.303 e. The van der Waals surface area contributed by atoms with Crippen LogP contribution in [0.25, 0.3) is 0 Å². The van der Waals surface area contributed by atoms with Crippen LogP contribution < -0.4 is 0 Å². The number of benzene rings is 1. The minimum atomic E-state index is -1.36. The lowest BCUT2D eigenvalue weighted by atomic mass is 9.99. The zero-order valence-electron chi connectivity index (χ0n) is 11.0. The van der Waals surface area contributed by atoms with E-state index in [9.17, 15) is 22.8 Å². The van der Waals surface area contributed by atoms with E-state index in [1.807, 2.05) is 0 Å². The van der Waals surface area contributed by atoms with Crippen molar-refractivity contribution in [2.45, 2.75) is 18.9 Å². The molecule has 0 aliphatic rings. The van der Waals surface area contributed by atoms with Crippen LogP contribution in [0.4, 0.5) is 13.2 Å². The third kappa shape index (κ3) is 3.30. The van der Waals surface area contributed by atoms with Gasteiger partial charge in [-0.3, -0.25) is 9.59 Å². The van der Waals surface area contributed by atoms with Gasteiger partial charge in [-0.15, -0.1) is 0 Å². The first-order chi connectivity index (χ1) is 10.4. The van der Waals surface area contributed by atoms with Gasteiger partial charge in [0.15, 0.2) is 5.78 Å². The SMILES string of the molecule is O=C(O)CCC(C(=O)c1c(F)cc(F)cc1F)n1cncn1. The van der Waals surface area contributed by atoms with E-state index in [1.165, 1.54) is 0 Å². The van der Waals surface area contributed by atoms with E-state index in [-0.39, 0.29) is 6.42 Å². The highest BCUT2D eigenvalue weighted by Gasteiger charge is 2.29. The summed E-state index contributed by atoms with van der Waals surface area (Å²) in [7, 11) is 0. The summed E-state index contributed by atoms with van der Waals surface area (Å²) in [6.45, 7) is 0. The summed E-state index contributed by atoms with van der Waals surface area (Å²) in [5, 5.41) is 12.4. The van der Waals surface area contributed by atoms with E-state index in [4.69, 9.17) is 5.11 Å². The van der Waals surface area contributed by atoms with Crippen LogP contribution in [-0.4, -0.2) is 31.6 Å². The van der Waals surface area contributed by atoms with Gasteiger partial charge in [0.05, 0.1) is 5.56 Å². The Bertz CT molecular complexity index is 681. The predicted octanol–water partition coefficient (Wildman–Crippen LogP) is 1.98. The number of nitrogens with zero attached hydrogens (tertiary/aromatic N) is 3. The predicted molar refractivity (Wildman–Crippen MR) is 66.6 cm³/mol. The van der Waals surface area contributed by atoms with E-state index < -0.39 is 47.2 Å². The largest absolute Gasteiger partial charge is 0.481 e. The van der Waals surface area contributed by atoms with Crippen LogP contribution in [0.15, 0.2) is 24.8 Å². The van der Waals surface area contributed by atoms with Crippen LogP contribution in [0, 0.1) is 17.5 Å². The van der Waals surface area contributed by atoms with Gasteiger partial charge in [0, 0.05) is 18.6 Å². The summed E-state index contributed by atoms with van der Waals surface area (Å²) in [5.74, 6) is -6.10. The summed E-state index contributed by atoms with van der Waals surface area (Å²) in [6, 6.07) is -0.495. The molecular formula is C13H10F3N3O3. The van der Waals surface area contributed by atoms with Crippen LogP contribution in [0.2, 0.25) is 0 Å². The summed E-state index contributed by atoms with van der Waals surface area (Å²) in [5.41, 5.74) is -0.938. The van der Waals surface area contributed by atoms with Crippen molar-refractivity contribution in [3.8, 4) is 0 Å². The third-order valence-corrected chi connectivity index (χ3v) is 2.94. The number of Topliss-reactive ketones (excluding diaryl/α,β-unsaturated/α-hetero) is 1. The lowest BCUT2D eigenvalue weighted by Gasteiger charge is -2.16. The molecule has 0 bridgehead atoms. The van der Waals surface area contributed by atoms with E-state index in [0.29, 0.717) is 12.1 Å². The molecule has 1 aromatic carbocycles. The maximum absolute atomic E-state index is 13.7. The number of carboxylic acid groups (broad SMARTS) is 1. The molecule has 116 valence electrons. The van der Waals surface area contributed by atoms with Gasteiger partial charge in [0.1, 0.15) is 36.1 Å². The Morgan fingerprint density at radius 1 is 1.23 bits per heavy atom. The molecule has 6 nitrogen and oxygen atoms in total. The van der Waals surface area contributed by atoms with Crippen molar-refractivity contribution in [3.63, 3.8) is 0 Å². The second kappa shape index (κ2) is 6.37. The molecule has 2 aromatic rings. The Morgan fingerprint density at radius 3 is 2.36 bits per heavy atom. The number of hydrogen-bond donors (Lipinski definition) is 1. The Labute approximate surface area is 122 Å². The lowest BCUT2D eigenvalue weighted by molar-refractivity contribution is -0.137. The lowest BCUT2D eigenvalue weighted by Crippen LogP contribution is -2.23. The fourth-order valence-electron chi connectivity index (χ4n) is 1.97. The molecule has 0 fully saturated rings. The van der Waals surface area contributed by atoms with Gasteiger partial charge in [-0.25, -0.2) is 22.8 Å². The fraction of sp³-hybridized carbons (Fsp3) is 0.231. The van der Waals surface area contributed by atoms with Crippen molar-refractivity contribution < 1.29 is 27.9 Å². The van der Waals surface area contributed by atoms with Crippen molar-refractivity contribution in [2.24, 2.45) is 0 Å². The summed E-state index contributed by atoms with van der Waals surface area (Å²) >= 11 is 0. The molecule has 2 rings (SSSR count). The number of ketones is 1. The van der Waals surface area contributed by atoms with Crippen LogP contribution in [0.1, 0.15) is 29.2 Å². The van der Waals surface area contributed by atoms with Crippen LogP contribution >= 0.6 is 0 Å². The van der Waals surface area contributed by atoms with E-state index in [1.54, 1.807) is 0 Å². The zero-order valence-corrected chi connectivity index (χ0v) is 11.0. The number of carbonyl (C=O) groups excluding carboxylic acids is 1. The molecule has 0 saturated heterocycles. The Kier molecular flexibility index (Phi) is 4.54. The summed E-state index contributed by atoms with van der Waals surface area (Å²) in [6.07, 6.45) is 1.57. The summed E-state index contributed by atoms with van der Waals surface area (Å²) < 4.78 is 41.3. The highest BCUT2D eigenvalue weighted by atomic mass is 19.1. The van der Waals surface area contributed by atoms with Gasteiger partial charge in [-0.1, -0.05) is 0 Å². The standard InChI is InChI=1S/C13H10F3N3O3/c14-7-3-8(15)12(9(16)4-7)13(22)10(1-2-11(20)21)19-6-17-5-18-19/h3-6,10H,1-2H2,(H,20,21). The molecule has 0 radical (unpaired) electrons. The van der Waals surface area contributed by atoms with Crippen LogP contribution in [0.5, 0.6) is 0 Å². The minimum Gasteiger partial charge on any atom is -0.481 e. The highest BCUT2D eigenvalue weighted by molar-refractivity contribution is 5.99. The number of aliphatic carboxylic acids is 1. The molecular weight excluding hydrogens is 303 g/mol. The third-order valence-electron chi connectivity index (χ3n) is 2.94. The molecule has 0 aliphatic carbocycles. The summed E-state index contributed by atoms with van der Waals surface area (Å²) in [4.78, 5) is 26.6. The van der Waals surface area contributed by atoms with E-state index in [0.717, 1.165) is 17.3 Å². The molecule has 1 heterocycles. The molecule has 1 N–H and O–H groups in total. The second-order valence-electron chi connectivity index (χ2n) is 4.43. The monoisotopic (exact) mass is 313 g/mol. The van der Waals surface area contributed by atoms with Crippen molar-refractivity contribution >= 4 is 11.8 Å². The molecule has 1 atom stereocenters. The highest BCUT2D eigenvalue weighted by Crippen LogP contribution is 2.23. The molecule has 1 unspecified atom stereocenters. The van der Waals surface area contributed by atoms with Crippen molar-refractivity contribution in [2.75, 3.05) is 0 Å². The van der Waals surface area contributed by atoms with Crippen LogP contribution in [0.3, 0.4) is 0 Å². The van der Waals surface area contributed by atoms with E-state index in [2.05, 4.69) is 10.1 Å². The molecule has 0 saturated carbocycles. The first kappa shape index (κ1) is 15.7. The number of carboxylic acids is 1. The number of carbonyl (C=O) groups is 2. The number of rotatable bonds is 6. The maximum atomic E-state index is 13.7. The smallest absolute Gasteiger partial charge is 0.303 e. The Morgan fingerprint density at radius 2 is 1.86 bits per heavy atom. The average Bonchev–Trinajstić information content (AvgIpc) is 2.91. The molecule has 9 heteroatoms. The van der Waals surface area contributed by atoms with Crippen molar-refractivity contribution in [1.82, 2.24) is 14.8 Å². The Hall–Kier alpha value is -2.71. The first-order valence-electron chi connectivity index (χ1n) is 6.14. The van der Waals surface area contributed by atoms with Gasteiger partial charge >= 0.3 is 5.97 Å². The van der Waals surface area contributed by atoms with Gasteiger partial charge in [0.25, 0.3) is 0 Å². The number of halogens is 3. The van der Waals surface area contributed by atoms with E-state index >= 15 is 0 Å². The van der Waals surface area contributed by atoms with Gasteiger partial charge < -0.3 is 5.11 Å².